The molecule has 0 radical (unpaired) electrons. The molecule has 0 aliphatic heterocycles. The van der Waals surface area contributed by atoms with E-state index in [0.29, 0.717) is 11.3 Å². The fourth-order valence-electron chi connectivity index (χ4n) is 1.92. The number of nitro benzene ring substituents is 1. The van der Waals surface area contributed by atoms with Gasteiger partial charge in [-0.05, 0) is 42.3 Å². The Morgan fingerprint density at radius 3 is 2.76 bits per heavy atom. The standard InChI is InChI=1S/C15H12FN3O2/c1-10-2-4-13(16)7-12(10)9-18-14-5-3-11(8-17)6-15(14)19(20)21/h2-7,18H,9H2,1H3. The summed E-state index contributed by atoms with van der Waals surface area (Å²) in [6.45, 7) is 2.10. The molecule has 0 heterocycles. The molecule has 1 N–H and O–H groups in total. The lowest BCUT2D eigenvalue weighted by atomic mass is 10.1. The molecule has 2 rings (SSSR count). The Hall–Kier alpha value is -2.94. The van der Waals surface area contributed by atoms with Gasteiger partial charge >= 0.3 is 0 Å². The van der Waals surface area contributed by atoms with E-state index in [1.54, 1.807) is 6.07 Å². The lowest BCUT2D eigenvalue weighted by Gasteiger charge is -2.09. The number of nitriles is 1. The Balaban J connectivity index is 2.26. The van der Waals surface area contributed by atoms with Crippen molar-refractivity contribution in [3.8, 4) is 6.07 Å². The second kappa shape index (κ2) is 6.01. The third kappa shape index (κ3) is 3.34. The van der Waals surface area contributed by atoms with Crippen LogP contribution in [0.3, 0.4) is 0 Å². The molecular formula is C15H12FN3O2. The van der Waals surface area contributed by atoms with Crippen molar-refractivity contribution < 1.29 is 9.31 Å². The number of nitrogens with zero attached hydrogens (tertiary/aromatic N) is 2. The molecule has 2 aromatic rings. The topological polar surface area (TPSA) is 79.0 Å². The lowest BCUT2D eigenvalue weighted by Crippen LogP contribution is -2.04. The van der Waals surface area contributed by atoms with Crippen molar-refractivity contribution in [2.45, 2.75) is 13.5 Å². The van der Waals surface area contributed by atoms with E-state index in [9.17, 15) is 14.5 Å². The predicted molar refractivity (Wildman–Crippen MR) is 76.3 cm³/mol. The summed E-state index contributed by atoms with van der Waals surface area (Å²) in [6, 6.07) is 10.4. The van der Waals surface area contributed by atoms with Crippen LogP contribution in [0.1, 0.15) is 16.7 Å². The fraction of sp³-hybridized carbons (Fsp3) is 0.133. The van der Waals surface area contributed by atoms with Crippen LogP contribution in [0.4, 0.5) is 15.8 Å². The highest BCUT2D eigenvalue weighted by Crippen LogP contribution is 2.26. The van der Waals surface area contributed by atoms with E-state index in [4.69, 9.17) is 5.26 Å². The zero-order valence-corrected chi connectivity index (χ0v) is 11.3. The van der Waals surface area contributed by atoms with E-state index in [1.807, 2.05) is 13.0 Å². The van der Waals surface area contributed by atoms with Gasteiger partial charge in [0, 0.05) is 12.6 Å². The summed E-state index contributed by atoms with van der Waals surface area (Å²) in [5.41, 5.74) is 1.94. The van der Waals surface area contributed by atoms with Gasteiger partial charge in [-0.15, -0.1) is 0 Å². The summed E-state index contributed by atoms with van der Waals surface area (Å²) in [6.07, 6.45) is 0. The van der Waals surface area contributed by atoms with E-state index >= 15 is 0 Å². The largest absolute Gasteiger partial charge is 0.375 e. The molecule has 6 heteroatoms. The number of nitrogens with one attached hydrogen (secondary N) is 1. The van der Waals surface area contributed by atoms with E-state index in [1.165, 1.54) is 30.3 Å². The van der Waals surface area contributed by atoms with Crippen molar-refractivity contribution in [2.24, 2.45) is 0 Å². The maximum atomic E-state index is 13.2. The zero-order chi connectivity index (χ0) is 15.4. The van der Waals surface area contributed by atoms with Crippen LogP contribution in [-0.4, -0.2) is 4.92 Å². The van der Waals surface area contributed by atoms with E-state index < -0.39 is 4.92 Å². The van der Waals surface area contributed by atoms with Crippen LogP contribution in [0.25, 0.3) is 0 Å². The maximum Gasteiger partial charge on any atom is 0.293 e. The third-order valence-electron chi connectivity index (χ3n) is 3.10. The van der Waals surface area contributed by atoms with Gasteiger partial charge in [-0.3, -0.25) is 10.1 Å². The van der Waals surface area contributed by atoms with E-state index in [0.717, 1.165) is 5.56 Å². The van der Waals surface area contributed by atoms with Gasteiger partial charge in [-0.1, -0.05) is 6.07 Å². The van der Waals surface area contributed by atoms with Gasteiger partial charge in [0.2, 0.25) is 0 Å². The highest BCUT2D eigenvalue weighted by molar-refractivity contribution is 5.64. The highest BCUT2D eigenvalue weighted by Gasteiger charge is 2.14. The molecule has 0 bridgehead atoms. The van der Waals surface area contributed by atoms with Crippen LogP contribution < -0.4 is 5.32 Å². The first-order chi connectivity index (χ1) is 10.0. The number of anilines is 1. The molecule has 0 aliphatic rings. The number of rotatable bonds is 4. The molecule has 0 spiro atoms. The Labute approximate surface area is 120 Å². The molecule has 2 aromatic carbocycles. The van der Waals surface area contributed by atoms with Crippen molar-refractivity contribution in [2.75, 3.05) is 5.32 Å². The summed E-state index contributed by atoms with van der Waals surface area (Å²) < 4.78 is 13.2. The zero-order valence-electron chi connectivity index (χ0n) is 11.3. The smallest absolute Gasteiger partial charge is 0.293 e. The first kappa shape index (κ1) is 14.5. The van der Waals surface area contributed by atoms with Gasteiger partial charge in [-0.2, -0.15) is 5.26 Å². The predicted octanol–water partition coefficient (Wildman–Crippen LogP) is 3.53. The highest BCUT2D eigenvalue weighted by atomic mass is 19.1. The second-order valence-corrected chi connectivity index (χ2v) is 4.53. The molecular weight excluding hydrogens is 273 g/mol. The molecule has 0 unspecified atom stereocenters. The molecule has 21 heavy (non-hydrogen) atoms. The Kier molecular flexibility index (Phi) is 4.14. The quantitative estimate of drug-likeness (QED) is 0.688. The Morgan fingerprint density at radius 2 is 2.10 bits per heavy atom. The molecule has 106 valence electrons. The molecule has 0 atom stereocenters. The molecule has 5 nitrogen and oxygen atoms in total. The van der Waals surface area contributed by atoms with E-state index in [-0.39, 0.29) is 23.6 Å². The van der Waals surface area contributed by atoms with Gasteiger partial charge in [0.25, 0.3) is 5.69 Å². The van der Waals surface area contributed by atoms with Crippen molar-refractivity contribution in [1.29, 1.82) is 5.26 Å². The Bertz CT molecular complexity index is 738. The minimum atomic E-state index is -0.554. The maximum absolute atomic E-state index is 13.2. The van der Waals surface area contributed by atoms with Gasteiger partial charge in [0.05, 0.1) is 16.6 Å². The molecule has 0 aromatic heterocycles. The van der Waals surface area contributed by atoms with Crippen LogP contribution in [0, 0.1) is 34.2 Å². The van der Waals surface area contributed by atoms with Gasteiger partial charge in [-0.25, -0.2) is 4.39 Å². The summed E-state index contributed by atoms with van der Waals surface area (Å²) in [4.78, 5) is 10.5. The van der Waals surface area contributed by atoms with Gasteiger partial charge in [0.15, 0.2) is 0 Å². The van der Waals surface area contributed by atoms with Crippen molar-refractivity contribution >= 4 is 11.4 Å². The number of aryl methyl sites for hydroxylation is 1. The molecule has 0 aliphatic carbocycles. The van der Waals surface area contributed by atoms with Crippen LogP contribution in [0.5, 0.6) is 0 Å². The van der Waals surface area contributed by atoms with Crippen molar-refractivity contribution in [3.63, 3.8) is 0 Å². The van der Waals surface area contributed by atoms with Crippen LogP contribution in [0.2, 0.25) is 0 Å². The van der Waals surface area contributed by atoms with E-state index in [2.05, 4.69) is 5.32 Å². The summed E-state index contributed by atoms with van der Waals surface area (Å²) in [5.74, 6) is -0.355. The normalized spacial score (nSPS) is 9.95. The van der Waals surface area contributed by atoms with Gasteiger partial charge in [0.1, 0.15) is 11.5 Å². The van der Waals surface area contributed by atoms with Crippen LogP contribution in [-0.2, 0) is 6.54 Å². The minimum Gasteiger partial charge on any atom is -0.375 e. The number of halogens is 1. The SMILES string of the molecule is Cc1ccc(F)cc1CNc1ccc(C#N)cc1[N+](=O)[O-]. The number of benzene rings is 2. The molecule has 0 saturated heterocycles. The average molecular weight is 285 g/mol. The van der Waals surface area contributed by atoms with Crippen molar-refractivity contribution in [3.05, 3.63) is 69.0 Å². The third-order valence-corrected chi connectivity index (χ3v) is 3.10. The number of hydrogen-bond acceptors (Lipinski definition) is 4. The summed E-state index contributed by atoms with van der Waals surface area (Å²) in [5, 5.41) is 22.7. The second-order valence-electron chi connectivity index (χ2n) is 4.53. The average Bonchev–Trinajstić information content (AvgIpc) is 2.48. The number of nitro groups is 1. The first-order valence-corrected chi connectivity index (χ1v) is 6.18. The number of hydrogen-bond donors (Lipinski definition) is 1. The lowest BCUT2D eigenvalue weighted by molar-refractivity contribution is -0.384. The summed E-state index contributed by atoms with van der Waals surface area (Å²) >= 11 is 0. The van der Waals surface area contributed by atoms with Crippen LogP contribution in [0.15, 0.2) is 36.4 Å². The van der Waals surface area contributed by atoms with Gasteiger partial charge < -0.3 is 5.32 Å². The summed E-state index contributed by atoms with van der Waals surface area (Å²) in [7, 11) is 0. The molecule has 0 saturated carbocycles. The molecule has 0 fully saturated rings. The fourth-order valence-corrected chi connectivity index (χ4v) is 1.92. The first-order valence-electron chi connectivity index (χ1n) is 6.18. The van der Waals surface area contributed by atoms with Crippen molar-refractivity contribution in [1.82, 2.24) is 0 Å². The minimum absolute atomic E-state index is 0.178. The van der Waals surface area contributed by atoms with Crippen LogP contribution >= 0.6 is 0 Å². The molecule has 0 amide bonds. The monoisotopic (exact) mass is 285 g/mol. The Morgan fingerprint density at radius 1 is 1.33 bits per heavy atom.